The Kier molecular flexibility index (Phi) is 6.44. The molecule has 3 fully saturated rings. The molecule has 2 atom stereocenters. The first kappa shape index (κ1) is 23.5. The Labute approximate surface area is 219 Å². The maximum absolute atomic E-state index is 5.95. The summed E-state index contributed by atoms with van der Waals surface area (Å²) in [7, 11) is 0. The van der Waals surface area contributed by atoms with Gasteiger partial charge in [-0.2, -0.15) is 0 Å². The van der Waals surface area contributed by atoms with Gasteiger partial charge in [0.15, 0.2) is 5.11 Å². The van der Waals surface area contributed by atoms with E-state index in [9.17, 15) is 0 Å². The summed E-state index contributed by atoms with van der Waals surface area (Å²) in [6, 6.07) is 18.2. The molecule has 1 aliphatic carbocycles. The molecule has 2 aliphatic heterocycles. The minimum absolute atomic E-state index is 0.0388. The molecular formula is C29H35N5OS. The van der Waals surface area contributed by atoms with Crippen LogP contribution >= 0.6 is 12.2 Å². The Morgan fingerprint density at radius 2 is 1.69 bits per heavy atom. The number of pyridine rings is 1. The maximum Gasteiger partial charge on any atom is 0.170 e. The van der Waals surface area contributed by atoms with E-state index >= 15 is 0 Å². The molecule has 1 saturated carbocycles. The van der Waals surface area contributed by atoms with Crippen LogP contribution in [0, 0.1) is 13.8 Å². The van der Waals surface area contributed by atoms with Gasteiger partial charge in [-0.3, -0.25) is 4.98 Å². The lowest BCUT2D eigenvalue weighted by molar-refractivity contribution is 0.122. The Morgan fingerprint density at radius 1 is 0.972 bits per heavy atom. The summed E-state index contributed by atoms with van der Waals surface area (Å²) >= 11 is 5.95. The maximum atomic E-state index is 5.95. The number of hydrogen-bond donors (Lipinski definition) is 1. The minimum Gasteiger partial charge on any atom is -0.378 e. The molecule has 36 heavy (non-hydrogen) atoms. The van der Waals surface area contributed by atoms with Gasteiger partial charge in [-0.05, 0) is 86.9 Å². The van der Waals surface area contributed by atoms with Crippen LogP contribution in [-0.4, -0.2) is 51.9 Å². The van der Waals surface area contributed by atoms with Gasteiger partial charge >= 0.3 is 0 Å². The summed E-state index contributed by atoms with van der Waals surface area (Å²) in [5, 5.41) is 4.52. The van der Waals surface area contributed by atoms with Gasteiger partial charge in [0.1, 0.15) is 0 Å². The molecule has 1 N–H and O–H groups in total. The highest BCUT2D eigenvalue weighted by atomic mass is 32.1. The van der Waals surface area contributed by atoms with Crippen LogP contribution in [0.2, 0.25) is 0 Å². The van der Waals surface area contributed by atoms with Gasteiger partial charge in [0.05, 0.1) is 31.0 Å². The summed E-state index contributed by atoms with van der Waals surface area (Å²) in [6.45, 7) is 7.96. The third kappa shape index (κ3) is 4.18. The van der Waals surface area contributed by atoms with Crippen LogP contribution in [0.1, 0.15) is 60.4 Å². The van der Waals surface area contributed by atoms with E-state index < -0.39 is 0 Å². The Morgan fingerprint density at radius 3 is 2.39 bits per heavy atom. The van der Waals surface area contributed by atoms with Crippen molar-refractivity contribution in [2.24, 2.45) is 0 Å². The molecule has 2 aromatic heterocycles. The molecule has 1 aromatic carbocycles. The molecule has 3 aliphatic rings. The molecule has 4 heterocycles. The molecule has 0 bridgehead atoms. The molecule has 7 heteroatoms. The van der Waals surface area contributed by atoms with Crippen molar-refractivity contribution in [3.63, 3.8) is 0 Å². The largest absolute Gasteiger partial charge is 0.378 e. The fraction of sp³-hybridized carbons (Fsp3) is 0.448. The van der Waals surface area contributed by atoms with Crippen molar-refractivity contribution in [2.45, 2.75) is 57.7 Å². The van der Waals surface area contributed by atoms with Gasteiger partial charge in [-0.25, -0.2) is 0 Å². The van der Waals surface area contributed by atoms with Gasteiger partial charge in [-0.1, -0.05) is 18.9 Å². The van der Waals surface area contributed by atoms with Gasteiger partial charge in [0.2, 0.25) is 0 Å². The second kappa shape index (κ2) is 9.87. The molecule has 188 valence electrons. The molecular weight excluding hydrogens is 466 g/mol. The van der Waals surface area contributed by atoms with E-state index in [0.717, 1.165) is 37.1 Å². The van der Waals surface area contributed by atoms with Crippen LogP contribution < -0.4 is 10.2 Å². The topological polar surface area (TPSA) is 45.6 Å². The molecule has 6 nitrogen and oxygen atoms in total. The van der Waals surface area contributed by atoms with Gasteiger partial charge < -0.3 is 24.4 Å². The lowest BCUT2D eigenvalue weighted by atomic mass is 9.95. The Bertz CT molecular complexity index is 1210. The van der Waals surface area contributed by atoms with E-state index in [1.54, 1.807) is 0 Å². The number of aromatic nitrogens is 2. The number of hydrogen-bond acceptors (Lipinski definition) is 4. The summed E-state index contributed by atoms with van der Waals surface area (Å²) in [5.74, 6) is 0. The van der Waals surface area contributed by atoms with Crippen LogP contribution in [0.4, 0.5) is 5.69 Å². The normalized spacial score (nSPS) is 22.9. The third-order valence-corrected chi connectivity index (χ3v) is 8.46. The predicted molar refractivity (Wildman–Crippen MR) is 148 cm³/mol. The van der Waals surface area contributed by atoms with E-state index in [1.807, 2.05) is 12.3 Å². The Hall–Kier alpha value is -2.90. The number of nitrogens with zero attached hydrogens (tertiary/aromatic N) is 4. The zero-order chi connectivity index (χ0) is 24.6. The van der Waals surface area contributed by atoms with E-state index in [4.69, 9.17) is 21.9 Å². The lowest BCUT2D eigenvalue weighted by Gasteiger charge is -2.33. The number of nitrogens with one attached hydrogen (secondary N) is 1. The van der Waals surface area contributed by atoms with E-state index in [1.165, 1.54) is 54.0 Å². The van der Waals surface area contributed by atoms with E-state index in [0.29, 0.717) is 6.04 Å². The molecule has 6 rings (SSSR count). The number of anilines is 1. The summed E-state index contributed by atoms with van der Waals surface area (Å²) < 4.78 is 7.91. The van der Waals surface area contributed by atoms with E-state index in [-0.39, 0.29) is 12.1 Å². The summed E-state index contributed by atoms with van der Waals surface area (Å²) in [4.78, 5) is 9.63. The molecule has 2 saturated heterocycles. The second-order valence-corrected chi connectivity index (χ2v) is 10.6. The van der Waals surface area contributed by atoms with Crippen LogP contribution in [0.15, 0.2) is 54.7 Å². The highest BCUT2D eigenvalue weighted by Crippen LogP contribution is 2.44. The molecule has 0 radical (unpaired) electrons. The monoisotopic (exact) mass is 501 g/mol. The fourth-order valence-corrected chi connectivity index (χ4v) is 6.78. The van der Waals surface area contributed by atoms with Crippen LogP contribution in [0.5, 0.6) is 0 Å². The van der Waals surface area contributed by atoms with Crippen molar-refractivity contribution in [1.29, 1.82) is 0 Å². The zero-order valence-corrected chi connectivity index (χ0v) is 22.0. The molecule has 3 aromatic rings. The first-order chi connectivity index (χ1) is 17.6. The van der Waals surface area contributed by atoms with Gasteiger partial charge in [0, 0.05) is 48.1 Å². The average Bonchev–Trinajstić information content (AvgIpc) is 3.63. The standard InChI is InChI=1S/C29H35N5OS/c1-20-19-25(21(2)33(20)24-12-10-22(11-13-24)32-15-17-35-18-16-32)28-27(26-9-5-6-14-30-26)31-29(36)34(28)23-7-3-4-8-23/h5-6,9-14,19,23,27-28H,3-4,7-8,15-18H2,1-2H3,(H,31,36)/t27-,28-/m1/s1. The number of rotatable bonds is 5. The predicted octanol–water partition coefficient (Wildman–Crippen LogP) is 5.24. The number of benzene rings is 1. The van der Waals surface area contributed by atoms with Crippen molar-refractivity contribution in [3.8, 4) is 5.69 Å². The van der Waals surface area contributed by atoms with Gasteiger partial charge in [0.25, 0.3) is 0 Å². The van der Waals surface area contributed by atoms with Crippen molar-refractivity contribution in [1.82, 2.24) is 19.8 Å². The SMILES string of the molecule is Cc1cc([C@@H]2[C@@H](c3ccccn3)NC(=S)N2C2CCCC2)c(C)n1-c1ccc(N2CCOCC2)cc1. The van der Waals surface area contributed by atoms with Crippen molar-refractivity contribution >= 4 is 23.0 Å². The fourth-order valence-electron chi connectivity index (χ4n) is 6.39. The quantitative estimate of drug-likeness (QED) is 0.483. The third-order valence-electron chi connectivity index (χ3n) is 8.13. The van der Waals surface area contributed by atoms with Crippen LogP contribution in [0.25, 0.3) is 5.69 Å². The van der Waals surface area contributed by atoms with Gasteiger partial charge in [-0.15, -0.1) is 0 Å². The van der Waals surface area contributed by atoms with Crippen molar-refractivity contribution in [2.75, 3.05) is 31.2 Å². The lowest BCUT2D eigenvalue weighted by Crippen LogP contribution is -2.37. The van der Waals surface area contributed by atoms with Crippen LogP contribution in [-0.2, 0) is 4.74 Å². The first-order valence-corrected chi connectivity index (χ1v) is 13.6. The molecule has 0 amide bonds. The molecule has 0 spiro atoms. The Balaban J connectivity index is 1.38. The van der Waals surface area contributed by atoms with Crippen LogP contribution in [0.3, 0.4) is 0 Å². The highest BCUT2D eigenvalue weighted by molar-refractivity contribution is 7.80. The summed E-state index contributed by atoms with van der Waals surface area (Å²) in [5.41, 5.74) is 7.35. The van der Waals surface area contributed by atoms with Crippen molar-refractivity contribution < 1.29 is 4.74 Å². The smallest absolute Gasteiger partial charge is 0.170 e. The second-order valence-electron chi connectivity index (χ2n) is 10.2. The zero-order valence-electron chi connectivity index (χ0n) is 21.2. The summed E-state index contributed by atoms with van der Waals surface area (Å²) in [6.07, 6.45) is 6.84. The van der Waals surface area contributed by atoms with E-state index in [2.05, 4.69) is 76.0 Å². The number of morpholine rings is 1. The minimum atomic E-state index is 0.0388. The highest BCUT2D eigenvalue weighted by Gasteiger charge is 2.44. The first-order valence-electron chi connectivity index (χ1n) is 13.2. The molecule has 0 unspecified atom stereocenters. The number of thiocarbonyl (C=S) groups is 1. The number of aryl methyl sites for hydroxylation is 1. The average molecular weight is 502 g/mol. The van der Waals surface area contributed by atoms with Crippen molar-refractivity contribution in [3.05, 3.63) is 77.4 Å². The number of ether oxygens (including phenoxy) is 1.